The van der Waals surface area contributed by atoms with Crippen LogP contribution in [0.25, 0.3) is 0 Å². The first-order chi connectivity index (χ1) is 15.0. The van der Waals surface area contributed by atoms with Crippen molar-refractivity contribution in [3.05, 3.63) is 58.6 Å². The Morgan fingerprint density at radius 3 is 2.31 bits per heavy atom. The molecule has 0 aromatic heterocycles. The highest BCUT2D eigenvalue weighted by molar-refractivity contribution is 14.0. The number of guanidine groups is 1. The van der Waals surface area contributed by atoms with Crippen LogP contribution in [0.3, 0.4) is 0 Å². The number of aliphatic imine (C=N–C) groups is 1. The SMILES string of the molecule is CN=C(NCc1ccc(OC)c(OC)c1)N1CCN(C(=O)Cc2cccc(Cl)c2)CC1.I. The zero-order valence-corrected chi connectivity index (χ0v) is 21.7. The average molecular weight is 573 g/mol. The van der Waals surface area contributed by atoms with E-state index in [9.17, 15) is 4.79 Å². The van der Waals surface area contributed by atoms with Crippen LogP contribution < -0.4 is 14.8 Å². The molecule has 1 aliphatic heterocycles. The molecule has 1 amide bonds. The molecule has 0 unspecified atom stereocenters. The predicted molar refractivity (Wildman–Crippen MR) is 138 cm³/mol. The van der Waals surface area contributed by atoms with Crippen molar-refractivity contribution in [2.45, 2.75) is 13.0 Å². The standard InChI is InChI=1S/C23H29ClN4O3.HI/c1-25-23(26-16-18-7-8-20(30-2)21(14-18)31-3)28-11-9-27(10-12-28)22(29)15-17-5-4-6-19(24)13-17;/h4-8,13-14H,9-12,15-16H2,1-3H3,(H,25,26);1H. The molecular weight excluding hydrogens is 543 g/mol. The highest BCUT2D eigenvalue weighted by atomic mass is 127. The molecule has 1 heterocycles. The van der Waals surface area contributed by atoms with Crippen LogP contribution in [0.4, 0.5) is 0 Å². The van der Waals surface area contributed by atoms with Crippen molar-refractivity contribution in [3.63, 3.8) is 0 Å². The van der Waals surface area contributed by atoms with Crippen molar-refractivity contribution in [1.29, 1.82) is 0 Å². The number of hydrogen-bond acceptors (Lipinski definition) is 4. The lowest BCUT2D eigenvalue weighted by Crippen LogP contribution is -2.53. The van der Waals surface area contributed by atoms with Gasteiger partial charge in [0.1, 0.15) is 0 Å². The van der Waals surface area contributed by atoms with Gasteiger partial charge in [-0.05, 0) is 35.4 Å². The van der Waals surface area contributed by atoms with Crippen LogP contribution in [0, 0.1) is 0 Å². The highest BCUT2D eigenvalue weighted by Crippen LogP contribution is 2.27. The lowest BCUT2D eigenvalue weighted by Gasteiger charge is -2.36. The molecule has 0 saturated carbocycles. The minimum atomic E-state index is 0. The monoisotopic (exact) mass is 572 g/mol. The summed E-state index contributed by atoms with van der Waals surface area (Å²) in [6, 6.07) is 13.3. The molecule has 0 bridgehead atoms. The first-order valence-electron chi connectivity index (χ1n) is 10.2. The Bertz CT molecular complexity index is 933. The lowest BCUT2D eigenvalue weighted by atomic mass is 10.1. The normalized spacial score (nSPS) is 13.9. The van der Waals surface area contributed by atoms with Gasteiger partial charge in [0.2, 0.25) is 5.91 Å². The predicted octanol–water partition coefficient (Wildman–Crippen LogP) is 3.44. The van der Waals surface area contributed by atoms with Crippen molar-refractivity contribution in [1.82, 2.24) is 15.1 Å². The topological polar surface area (TPSA) is 66.4 Å². The molecule has 2 aromatic carbocycles. The van der Waals surface area contributed by atoms with Crippen LogP contribution in [0.2, 0.25) is 5.02 Å². The number of benzene rings is 2. The van der Waals surface area contributed by atoms with Crippen molar-refractivity contribution >= 4 is 47.4 Å². The van der Waals surface area contributed by atoms with E-state index in [1.54, 1.807) is 21.3 Å². The molecule has 3 rings (SSSR count). The molecule has 1 saturated heterocycles. The molecule has 1 N–H and O–H groups in total. The zero-order chi connectivity index (χ0) is 22.2. The third kappa shape index (κ3) is 6.90. The van der Waals surface area contributed by atoms with Crippen LogP contribution in [0.5, 0.6) is 11.5 Å². The average Bonchev–Trinajstić information content (AvgIpc) is 2.79. The van der Waals surface area contributed by atoms with E-state index in [4.69, 9.17) is 21.1 Å². The Kier molecular flexibility index (Phi) is 10.4. The van der Waals surface area contributed by atoms with Gasteiger partial charge in [0, 0.05) is 44.8 Å². The van der Waals surface area contributed by atoms with Crippen LogP contribution in [0.15, 0.2) is 47.5 Å². The smallest absolute Gasteiger partial charge is 0.227 e. The molecule has 0 spiro atoms. The van der Waals surface area contributed by atoms with Gasteiger partial charge >= 0.3 is 0 Å². The van der Waals surface area contributed by atoms with Crippen LogP contribution in [-0.4, -0.2) is 69.1 Å². The number of piperazine rings is 1. The Labute approximate surface area is 211 Å². The maximum Gasteiger partial charge on any atom is 0.227 e. The maximum atomic E-state index is 12.6. The number of amides is 1. The molecule has 2 aromatic rings. The summed E-state index contributed by atoms with van der Waals surface area (Å²) in [4.78, 5) is 21.1. The van der Waals surface area contributed by atoms with Crippen molar-refractivity contribution in [2.24, 2.45) is 4.99 Å². The van der Waals surface area contributed by atoms with E-state index in [0.717, 1.165) is 30.2 Å². The molecule has 7 nitrogen and oxygen atoms in total. The Hall–Kier alpha value is -2.20. The summed E-state index contributed by atoms with van der Waals surface area (Å²) in [5, 5.41) is 4.05. The van der Waals surface area contributed by atoms with Gasteiger partial charge in [-0.25, -0.2) is 0 Å². The maximum absolute atomic E-state index is 12.6. The van der Waals surface area contributed by atoms with Gasteiger partial charge in [-0.1, -0.05) is 29.8 Å². The van der Waals surface area contributed by atoms with E-state index in [0.29, 0.717) is 42.6 Å². The zero-order valence-electron chi connectivity index (χ0n) is 18.6. The van der Waals surface area contributed by atoms with Gasteiger partial charge in [-0.15, -0.1) is 24.0 Å². The number of carbonyl (C=O) groups excluding carboxylic acids is 1. The largest absolute Gasteiger partial charge is 0.493 e. The number of rotatable bonds is 6. The number of ether oxygens (including phenoxy) is 2. The van der Waals surface area contributed by atoms with E-state index in [2.05, 4.69) is 15.2 Å². The fourth-order valence-corrected chi connectivity index (χ4v) is 3.82. The summed E-state index contributed by atoms with van der Waals surface area (Å²) >= 11 is 6.03. The summed E-state index contributed by atoms with van der Waals surface area (Å²) in [5.41, 5.74) is 2.00. The van der Waals surface area contributed by atoms with Gasteiger partial charge in [-0.2, -0.15) is 0 Å². The molecular formula is C23H30ClIN4O3. The molecule has 174 valence electrons. The Balaban J connectivity index is 0.00000363. The summed E-state index contributed by atoms with van der Waals surface area (Å²) in [6.07, 6.45) is 0.368. The number of nitrogens with one attached hydrogen (secondary N) is 1. The Morgan fingerprint density at radius 1 is 1.00 bits per heavy atom. The summed E-state index contributed by atoms with van der Waals surface area (Å²) in [6.45, 7) is 3.40. The van der Waals surface area contributed by atoms with Gasteiger partial charge < -0.3 is 24.6 Å². The molecule has 0 radical (unpaired) electrons. The molecule has 1 fully saturated rings. The Morgan fingerprint density at radius 2 is 1.69 bits per heavy atom. The molecule has 0 atom stereocenters. The molecule has 0 aliphatic carbocycles. The third-order valence-electron chi connectivity index (χ3n) is 5.29. The highest BCUT2D eigenvalue weighted by Gasteiger charge is 2.23. The second kappa shape index (κ2) is 12.7. The van der Waals surface area contributed by atoms with E-state index < -0.39 is 0 Å². The van der Waals surface area contributed by atoms with Crippen molar-refractivity contribution < 1.29 is 14.3 Å². The first kappa shape index (κ1) is 26.1. The van der Waals surface area contributed by atoms with E-state index >= 15 is 0 Å². The summed E-state index contributed by atoms with van der Waals surface area (Å²) in [7, 11) is 5.02. The minimum Gasteiger partial charge on any atom is -0.493 e. The lowest BCUT2D eigenvalue weighted by molar-refractivity contribution is -0.131. The van der Waals surface area contributed by atoms with Gasteiger partial charge in [0.25, 0.3) is 0 Å². The fourth-order valence-electron chi connectivity index (χ4n) is 3.60. The number of carbonyl (C=O) groups is 1. The van der Waals surface area contributed by atoms with Crippen LogP contribution in [0.1, 0.15) is 11.1 Å². The van der Waals surface area contributed by atoms with E-state index in [1.165, 1.54) is 0 Å². The van der Waals surface area contributed by atoms with Gasteiger partial charge in [0.15, 0.2) is 17.5 Å². The molecule has 9 heteroatoms. The quantitative estimate of drug-likeness (QED) is 0.327. The van der Waals surface area contributed by atoms with E-state index in [1.807, 2.05) is 47.4 Å². The third-order valence-corrected chi connectivity index (χ3v) is 5.52. The number of hydrogen-bond donors (Lipinski definition) is 1. The summed E-state index contributed by atoms with van der Waals surface area (Å²) < 4.78 is 10.7. The van der Waals surface area contributed by atoms with Gasteiger partial charge in [-0.3, -0.25) is 9.79 Å². The van der Waals surface area contributed by atoms with Crippen LogP contribution >= 0.6 is 35.6 Å². The number of halogens is 2. The first-order valence-corrected chi connectivity index (χ1v) is 10.6. The second-order valence-corrected chi connectivity index (χ2v) is 7.70. The molecule has 32 heavy (non-hydrogen) atoms. The second-order valence-electron chi connectivity index (χ2n) is 7.26. The van der Waals surface area contributed by atoms with Gasteiger partial charge in [0.05, 0.1) is 20.6 Å². The summed E-state index contributed by atoms with van der Waals surface area (Å²) in [5.74, 6) is 2.34. The fraction of sp³-hybridized carbons (Fsp3) is 0.391. The number of methoxy groups -OCH3 is 2. The van der Waals surface area contributed by atoms with E-state index in [-0.39, 0.29) is 29.9 Å². The van der Waals surface area contributed by atoms with Crippen LogP contribution in [-0.2, 0) is 17.8 Å². The van der Waals surface area contributed by atoms with Crippen molar-refractivity contribution in [2.75, 3.05) is 47.4 Å². The number of nitrogens with zero attached hydrogens (tertiary/aromatic N) is 3. The molecule has 1 aliphatic rings. The minimum absolute atomic E-state index is 0. The van der Waals surface area contributed by atoms with Crippen molar-refractivity contribution in [3.8, 4) is 11.5 Å².